The van der Waals surface area contributed by atoms with Crippen molar-refractivity contribution in [3.05, 3.63) is 59.8 Å². The Morgan fingerprint density at radius 1 is 1.21 bits per heavy atom. The highest BCUT2D eigenvalue weighted by molar-refractivity contribution is 5.94. The maximum Gasteiger partial charge on any atom is 0.253 e. The van der Waals surface area contributed by atoms with Gasteiger partial charge in [0.2, 0.25) is 5.88 Å². The van der Waals surface area contributed by atoms with E-state index in [-0.39, 0.29) is 11.9 Å². The number of hydrogen-bond acceptors (Lipinski definition) is 4. The number of pyridine rings is 1. The van der Waals surface area contributed by atoms with Crippen molar-refractivity contribution in [1.82, 2.24) is 15.2 Å². The van der Waals surface area contributed by atoms with Crippen molar-refractivity contribution in [1.29, 1.82) is 0 Å². The molecule has 1 N–H and O–H groups in total. The van der Waals surface area contributed by atoms with Gasteiger partial charge in [-0.2, -0.15) is 0 Å². The third kappa shape index (κ3) is 4.32. The summed E-state index contributed by atoms with van der Waals surface area (Å²) in [5, 5.41) is 3.11. The van der Waals surface area contributed by atoms with Crippen molar-refractivity contribution in [3.63, 3.8) is 0 Å². The van der Waals surface area contributed by atoms with E-state index in [1.165, 1.54) is 5.56 Å². The summed E-state index contributed by atoms with van der Waals surface area (Å²) in [5.41, 5.74) is 1.91. The average molecular weight is 325 g/mol. The minimum Gasteiger partial charge on any atom is -0.481 e. The second kappa shape index (κ2) is 7.93. The molecule has 2 heterocycles. The number of hydrogen-bond donors (Lipinski definition) is 1. The summed E-state index contributed by atoms with van der Waals surface area (Å²) < 4.78 is 5.01. The van der Waals surface area contributed by atoms with Crippen LogP contribution in [0.25, 0.3) is 0 Å². The number of benzene rings is 1. The van der Waals surface area contributed by atoms with Gasteiger partial charge in [-0.1, -0.05) is 30.3 Å². The topological polar surface area (TPSA) is 54.5 Å². The first-order valence-corrected chi connectivity index (χ1v) is 8.32. The lowest BCUT2D eigenvalue weighted by atomic mass is 10.0. The van der Waals surface area contributed by atoms with Crippen molar-refractivity contribution >= 4 is 5.91 Å². The van der Waals surface area contributed by atoms with E-state index in [4.69, 9.17) is 4.74 Å². The van der Waals surface area contributed by atoms with Crippen LogP contribution in [0, 0.1) is 0 Å². The number of nitrogens with zero attached hydrogens (tertiary/aromatic N) is 2. The monoisotopic (exact) mass is 325 g/mol. The molecule has 0 aliphatic carbocycles. The molecule has 1 aliphatic heterocycles. The Morgan fingerprint density at radius 3 is 2.58 bits per heavy atom. The number of ether oxygens (including phenoxy) is 1. The van der Waals surface area contributed by atoms with E-state index in [2.05, 4.69) is 39.5 Å². The van der Waals surface area contributed by atoms with Crippen molar-refractivity contribution in [2.24, 2.45) is 0 Å². The average Bonchev–Trinajstić information content (AvgIpc) is 2.64. The summed E-state index contributed by atoms with van der Waals surface area (Å²) in [4.78, 5) is 18.8. The molecule has 1 fully saturated rings. The molecule has 3 rings (SSSR count). The summed E-state index contributed by atoms with van der Waals surface area (Å²) >= 11 is 0. The van der Waals surface area contributed by atoms with Gasteiger partial charge in [-0.05, 0) is 24.5 Å². The molecule has 0 saturated carbocycles. The van der Waals surface area contributed by atoms with E-state index < -0.39 is 0 Å². The van der Waals surface area contributed by atoms with Gasteiger partial charge in [0.15, 0.2) is 0 Å². The minimum absolute atomic E-state index is 0.0633. The Balaban J connectivity index is 1.47. The molecule has 1 amide bonds. The molecule has 0 radical (unpaired) electrons. The van der Waals surface area contributed by atoms with E-state index >= 15 is 0 Å². The lowest BCUT2D eigenvalue weighted by Gasteiger charge is -2.32. The fourth-order valence-corrected chi connectivity index (χ4v) is 2.98. The lowest BCUT2D eigenvalue weighted by molar-refractivity contribution is 0.0908. The molecule has 0 atom stereocenters. The fourth-order valence-electron chi connectivity index (χ4n) is 2.98. The van der Waals surface area contributed by atoms with Crippen LogP contribution in [0.4, 0.5) is 0 Å². The van der Waals surface area contributed by atoms with Crippen LogP contribution in [-0.2, 0) is 6.54 Å². The van der Waals surface area contributed by atoms with Gasteiger partial charge in [-0.15, -0.1) is 0 Å². The third-order valence-electron chi connectivity index (χ3n) is 4.38. The molecule has 2 aromatic rings. The predicted octanol–water partition coefficient (Wildman–Crippen LogP) is 2.48. The summed E-state index contributed by atoms with van der Waals surface area (Å²) in [6.07, 6.45) is 3.50. The molecular formula is C19H23N3O2. The summed E-state index contributed by atoms with van der Waals surface area (Å²) in [5.74, 6) is 0.451. The van der Waals surface area contributed by atoms with Gasteiger partial charge in [0.25, 0.3) is 5.91 Å². The number of aromatic nitrogens is 1. The van der Waals surface area contributed by atoms with E-state index in [0.29, 0.717) is 11.4 Å². The molecule has 1 saturated heterocycles. The minimum atomic E-state index is -0.0633. The Bertz CT molecular complexity index is 650. The van der Waals surface area contributed by atoms with Crippen LogP contribution in [0.1, 0.15) is 28.8 Å². The smallest absolute Gasteiger partial charge is 0.253 e. The van der Waals surface area contributed by atoms with Crippen molar-refractivity contribution in [2.75, 3.05) is 20.2 Å². The number of amides is 1. The molecule has 5 heteroatoms. The molecule has 0 spiro atoms. The Labute approximate surface area is 142 Å². The summed E-state index contributed by atoms with van der Waals surface area (Å²) in [6.45, 7) is 2.98. The second-order valence-corrected chi connectivity index (χ2v) is 6.10. The van der Waals surface area contributed by atoms with E-state index in [1.807, 2.05) is 6.07 Å². The maximum absolute atomic E-state index is 12.3. The Hall–Kier alpha value is -2.40. The Kier molecular flexibility index (Phi) is 5.43. The molecule has 0 unspecified atom stereocenters. The van der Waals surface area contributed by atoms with Crippen molar-refractivity contribution in [2.45, 2.75) is 25.4 Å². The first kappa shape index (κ1) is 16.5. The number of rotatable bonds is 5. The highest BCUT2D eigenvalue weighted by atomic mass is 16.5. The van der Waals surface area contributed by atoms with Gasteiger partial charge < -0.3 is 10.1 Å². The van der Waals surface area contributed by atoms with Crippen LogP contribution in [-0.4, -0.2) is 42.0 Å². The molecule has 1 aromatic heterocycles. The fraction of sp³-hybridized carbons (Fsp3) is 0.368. The van der Waals surface area contributed by atoms with Crippen LogP contribution in [0.15, 0.2) is 48.7 Å². The second-order valence-electron chi connectivity index (χ2n) is 6.10. The first-order chi connectivity index (χ1) is 11.7. The van der Waals surface area contributed by atoms with Gasteiger partial charge in [0.1, 0.15) is 0 Å². The first-order valence-electron chi connectivity index (χ1n) is 8.32. The van der Waals surface area contributed by atoms with Crippen LogP contribution in [0.5, 0.6) is 5.88 Å². The highest BCUT2D eigenvalue weighted by Crippen LogP contribution is 2.15. The molecule has 5 nitrogen and oxygen atoms in total. The van der Waals surface area contributed by atoms with Crippen LogP contribution in [0.2, 0.25) is 0 Å². The third-order valence-corrected chi connectivity index (χ3v) is 4.38. The normalized spacial score (nSPS) is 15.9. The molecule has 0 bridgehead atoms. The standard InChI is InChI=1S/C19H23N3O2/c1-24-18-8-7-16(13-20-18)19(23)21-17-9-11-22(12-10-17)14-15-5-3-2-4-6-15/h2-8,13,17H,9-12,14H2,1H3,(H,21,23). The van der Waals surface area contributed by atoms with E-state index in [9.17, 15) is 4.79 Å². The molecule has 24 heavy (non-hydrogen) atoms. The van der Waals surface area contributed by atoms with E-state index in [1.54, 1.807) is 25.4 Å². The Morgan fingerprint density at radius 2 is 1.96 bits per heavy atom. The van der Waals surface area contributed by atoms with Gasteiger partial charge in [0.05, 0.1) is 12.7 Å². The quantitative estimate of drug-likeness (QED) is 0.918. The number of carbonyl (C=O) groups excluding carboxylic acids is 1. The van der Waals surface area contributed by atoms with Gasteiger partial charge in [-0.3, -0.25) is 9.69 Å². The van der Waals surface area contributed by atoms with Gasteiger partial charge in [-0.25, -0.2) is 4.98 Å². The maximum atomic E-state index is 12.3. The van der Waals surface area contributed by atoms with Crippen LogP contribution < -0.4 is 10.1 Å². The highest BCUT2D eigenvalue weighted by Gasteiger charge is 2.21. The SMILES string of the molecule is COc1ccc(C(=O)NC2CCN(Cc3ccccc3)CC2)cn1. The zero-order chi connectivity index (χ0) is 16.8. The van der Waals surface area contributed by atoms with Gasteiger partial charge in [0, 0.05) is 37.9 Å². The van der Waals surface area contributed by atoms with Crippen LogP contribution >= 0.6 is 0 Å². The number of nitrogens with one attached hydrogen (secondary N) is 1. The van der Waals surface area contributed by atoms with Gasteiger partial charge >= 0.3 is 0 Å². The summed E-state index contributed by atoms with van der Waals surface area (Å²) in [7, 11) is 1.56. The van der Waals surface area contributed by atoms with E-state index in [0.717, 1.165) is 32.5 Å². The molecule has 1 aromatic carbocycles. The molecule has 1 aliphatic rings. The summed E-state index contributed by atoms with van der Waals surface area (Å²) in [6, 6.07) is 14.2. The largest absolute Gasteiger partial charge is 0.481 e. The number of piperidine rings is 1. The molecule has 126 valence electrons. The number of likely N-dealkylation sites (tertiary alicyclic amines) is 1. The lowest BCUT2D eigenvalue weighted by Crippen LogP contribution is -2.44. The molecular weight excluding hydrogens is 302 g/mol. The number of carbonyl (C=O) groups is 1. The van der Waals surface area contributed by atoms with Crippen molar-refractivity contribution < 1.29 is 9.53 Å². The predicted molar refractivity (Wildman–Crippen MR) is 93.0 cm³/mol. The zero-order valence-corrected chi connectivity index (χ0v) is 13.9. The zero-order valence-electron chi connectivity index (χ0n) is 13.9. The van der Waals surface area contributed by atoms with Crippen molar-refractivity contribution in [3.8, 4) is 5.88 Å². The van der Waals surface area contributed by atoms with Crippen LogP contribution in [0.3, 0.4) is 0 Å². The number of methoxy groups -OCH3 is 1.